The Labute approximate surface area is 99.7 Å². The molecule has 0 bridgehead atoms. The molecule has 0 heterocycles. The largest absolute Gasteiger partial charge is 0.326 e. The Kier molecular flexibility index (Phi) is 3.87. The Morgan fingerprint density at radius 2 is 1.72 bits per heavy atom. The van der Waals surface area contributed by atoms with Crippen LogP contribution in [0.1, 0.15) is 13.3 Å². The van der Waals surface area contributed by atoms with Crippen LogP contribution in [0.25, 0.3) is 0 Å². The molecular weight excluding hydrogens is 249 g/mol. The lowest BCUT2D eigenvalue weighted by Crippen LogP contribution is -2.10. The van der Waals surface area contributed by atoms with Gasteiger partial charge in [-0.15, -0.1) is 0 Å². The summed E-state index contributed by atoms with van der Waals surface area (Å²) in [6.45, 7) is 1.53. The second-order valence-corrected chi connectivity index (χ2v) is 3.24. The fourth-order valence-corrected chi connectivity index (χ4v) is 1.18. The highest BCUT2D eigenvalue weighted by molar-refractivity contribution is 5.91. The van der Waals surface area contributed by atoms with E-state index in [0.29, 0.717) is 0 Å². The third-order valence-electron chi connectivity index (χ3n) is 2.03. The Morgan fingerprint density at radius 1 is 1.28 bits per heavy atom. The highest BCUT2D eigenvalue weighted by Gasteiger charge is 2.27. The van der Waals surface area contributed by atoms with Gasteiger partial charge in [0.2, 0.25) is 5.91 Å². The molecule has 0 fully saturated rings. The average molecular weight is 257 g/mol. The molecule has 8 nitrogen and oxygen atoms in total. The number of anilines is 1. The monoisotopic (exact) mass is 257 g/mol. The predicted octanol–water partition coefficient (Wildman–Crippen LogP) is 1.99. The van der Waals surface area contributed by atoms with Gasteiger partial charge in [0.1, 0.15) is 0 Å². The standard InChI is InChI=1S/C9H8FN3O5/c1-2-8(14)11-5-3-6(12(15)16)9(10)7(4-5)13(17)18/h3-4H,2H2,1H3,(H,11,14). The summed E-state index contributed by atoms with van der Waals surface area (Å²) < 4.78 is 13.4. The fraction of sp³-hybridized carbons (Fsp3) is 0.222. The van der Waals surface area contributed by atoms with Crippen molar-refractivity contribution in [3.8, 4) is 0 Å². The minimum Gasteiger partial charge on any atom is -0.326 e. The van der Waals surface area contributed by atoms with Crippen molar-refractivity contribution in [2.75, 3.05) is 5.32 Å². The van der Waals surface area contributed by atoms with Crippen LogP contribution >= 0.6 is 0 Å². The van der Waals surface area contributed by atoms with E-state index in [1.165, 1.54) is 6.92 Å². The quantitative estimate of drug-likeness (QED) is 0.654. The number of nitro benzene ring substituents is 2. The van der Waals surface area contributed by atoms with Gasteiger partial charge in [0.25, 0.3) is 5.82 Å². The van der Waals surface area contributed by atoms with Crippen molar-refractivity contribution in [2.45, 2.75) is 13.3 Å². The van der Waals surface area contributed by atoms with Crippen LogP contribution in [0.5, 0.6) is 0 Å². The minimum atomic E-state index is -1.54. The van der Waals surface area contributed by atoms with E-state index in [9.17, 15) is 29.4 Å². The number of carbonyl (C=O) groups is 1. The van der Waals surface area contributed by atoms with Crippen molar-refractivity contribution in [3.63, 3.8) is 0 Å². The SMILES string of the molecule is CCC(=O)Nc1cc([N+](=O)[O-])c(F)c([N+](=O)[O-])c1. The first-order valence-corrected chi connectivity index (χ1v) is 4.79. The van der Waals surface area contributed by atoms with Gasteiger partial charge in [-0.1, -0.05) is 6.92 Å². The Hall–Kier alpha value is -2.58. The Morgan fingerprint density at radius 3 is 2.06 bits per heavy atom. The molecule has 0 radical (unpaired) electrons. The summed E-state index contributed by atoms with van der Waals surface area (Å²) in [4.78, 5) is 30.0. The molecule has 1 amide bonds. The number of hydrogen-bond acceptors (Lipinski definition) is 5. The number of carbonyl (C=O) groups excluding carboxylic acids is 1. The molecule has 9 heteroatoms. The Bertz CT molecular complexity index is 496. The fourth-order valence-electron chi connectivity index (χ4n) is 1.18. The summed E-state index contributed by atoms with van der Waals surface area (Å²) in [6, 6.07) is 1.46. The van der Waals surface area contributed by atoms with E-state index in [1.54, 1.807) is 0 Å². The number of nitrogens with zero attached hydrogens (tertiary/aromatic N) is 2. The maximum atomic E-state index is 13.4. The molecule has 1 aromatic carbocycles. The van der Waals surface area contributed by atoms with Gasteiger partial charge in [-0.25, -0.2) is 0 Å². The molecule has 0 saturated carbocycles. The molecule has 0 atom stereocenters. The van der Waals surface area contributed by atoms with E-state index in [-0.39, 0.29) is 12.1 Å². The van der Waals surface area contributed by atoms with E-state index in [4.69, 9.17) is 0 Å². The zero-order valence-electron chi connectivity index (χ0n) is 9.18. The summed E-state index contributed by atoms with van der Waals surface area (Å²) in [5, 5.41) is 23.3. The molecule has 18 heavy (non-hydrogen) atoms. The van der Waals surface area contributed by atoms with Crippen LogP contribution in [0.4, 0.5) is 21.5 Å². The van der Waals surface area contributed by atoms with Gasteiger partial charge in [-0.2, -0.15) is 4.39 Å². The van der Waals surface area contributed by atoms with Crippen LogP contribution in [-0.4, -0.2) is 15.8 Å². The molecule has 0 aromatic heterocycles. The first-order chi connectivity index (χ1) is 8.36. The van der Waals surface area contributed by atoms with E-state index < -0.39 is 32.9 Å². The molecule has 1 rings (SSSR count). The van der Waals surface area contributed by atoms with Crippen molar-refractivity contribution in [2.24, 2.45) is 0 Å². The number of nitrogens with one attached hydrogen (secondary N) is 1. The van der Waals surface area contributed by atoms with Crippen molar-refractivity contribution in [1.82, 2.24) is 0 Å². The normalized spacial score (nSPS) is 9.89. The molecule has 0 aliphatic carbocycles. The Balaban J connectivity index is 3.33. The molecule has 0 saturated heterocycles. The van der Waals surface area contributed by atoms with E-state index >= 15 is 0 Å². The van der Waals surface area contributed by atoms with E-state index in [0.717, 1.165) is 12.1 Å². The van der Waals surface area contributed by atoms with Gasteiger partial charge in [0.15, 0.2) is 0 Å². The predicted molar refractivity (Wildman–Crippen MR) is 58.6 cm³/mol. The van der Waals surface area contributed by atoms with Gasteiger partial charge in [0, 0.05) is 18.6 Å². The molecule has 0 unspecified atom stereocenters. The van der Waals surface area contributed by atoms with Gasteiger partial charge in [0.05, 0.1) is 15.5 Å². The maximum Gasteiger partial charge on any atom is 0.314 e. The first-order valence-electron chi connectivity index (χ1n) is 4.79. The number of halogens is 1. The molecule has 0 spiro atoms. The molecule has 1 N–H and O–H groups in total. The summed E-state index contributed by atoms with van der Waals surface area (Å²) in [6.07, 6.45) is 0.0823. The molecule has 0 aliphatic heterocycles. The van der Waals surface area contributed by atoms with Crippen LogP contribution in [-0.2, 0) is 4.79 Å². The van der Waals surface area contributed by atoms with Crippen LogP contribution in [0.3, 0.4) is 0 Å². The molecular formula is C9H8FN3O5. The molecule has 1 aromatic rings. The van der Waals surface area contributed by atoms with Crippen LogP contribution in [0.15, 0.2) is 12.1 Å². The second kappa shape index (κ2) is 5.17. The maximum absolute atomic E-state index is 13.4. The van der Waals surface area contributed by atoms with Crippen molar-refractivity contribution >= 4 is 23.0 Å². The molecule has 96 valence electrons. The van der Waals surface area contributed by atoms with Gasteiger partial charge in [-0.05, 0) is 0 Å². The highest BCUT2D eigenvalue weighted by atomic mass is 19.1. The first kappa shape index (κ1) is 13.5. The third-order valence-corrected chi connectivity index (χ3v) is 2.03. The second-order valence-electron chi connectivity index (χ2n) is 3.24. The summed E-state index contributed by atoms with van der Waals surface area (Å²) >= 11 is 0. The van der Waals surface area contributed by atoms with Crippen LogP contribution in [0.2, 0.25) is 0 Å². The van der Waals surface area contributed by atoms with Crippen molar-refractivity contribution in [3.05, 3.63) is 38.2 Å². The number of benzene rings is 1. The minimum absolute atomic E-state index is 0.0823. The highest BCUT2D eigenvalue weighted by Crippen LogP contribution is 2.30. The molecule has 0 aliphatic rings. The van der Waals surface area contributed by atoms with Gasteiger partial charge < -0.3 is 5.32 Å². The number of nitro groups is 2. The van der Waals surface area contributed by atoms with Crippen LogP contribution < -0.4 is 5.32 Å². The number of rotatable bonds is 4. The number of amides is 1. The third kappa shape index (κ3) is 2.75. The van der Waals surface area contributed by atoms with Crippen molar-refractivity contribution < 1.29 is 19.0 Å². The van der Waals surface area contributed by atoms with Crippen molar-refractivity contribution in [1.29, 1.82) is 0 Å². The topological polar surface area (TPSA) is 115 Å². The van der Waals surface area contributed by atoms with Gasteiger partial charge >= 0.3 is 11.4 Å². The zero-order valence-corrected chi connectivity index (χ0v) is 9.18. The summed E-state index contributed by atoms with van der Waals surface area (Å²) in [5.74, 6) is -2.04. The smallest absolute Gasteiger partial charge is 0.314 e. The van der Waals surface area contributed by atoms with Gasteiger partial charge in [-0.3, -0.25) is 25.0 Å². The summed E-state index contributed by atoms with van der Waals surface area (Å²) in [5.41, 5.74) is -2.31. The lowest BCUT2D eigenvalue weighted by Gasteiger charge is -2.04. The van der Waals surface area contributed by atoms with Crippen LogP contribution in [0, 0.1) is 26.0 Å². The lowest BCUT2D eigenvalue weighted by atomic mass is 10.2. The average Bonchev–Trinajstić information content (AvgIpc) is 2.30. The number of hydrogen-bond donors (Lipinski definition) is 1. The lowest BCUT2D eigenvalue weighted by molar-refractivity contribution is -0.399. The zero-order chi connectivity index (χ0) is 13.9. The van der Waals surface area contributed by atoms with E-state index in [1.807, 2.05) is 0 Å². The van der Waals surface area contributed by atoms with E-state index in [2.05, 4.69) is 5.32 Å². The summed E-state index contributed by atoms with van der Waals surface area (Å²) in [7, 11) is 0.